The summed E-state index contributed by atoms with van der Waals surface area (Å²) in [7, 11) is 0. The first-order valence-corrected chi connectivity index (χ1v) is 10.3. The molecule has 0 spiro atoms. The van der Waals surface area contributed by atoms with Crippen LogP contribution < -0.4 is 5.32 Å². The average Bonchev–Trinajstić information content (AvgIpc) is 3.36. The van der Waals surface area contributed by atoms with Crippen LogP contribution in [0.3, 0.4) is 0 Å². The lowest BCUT2D eigenvalue weighted by Gasteiger charge is -2.24. The molecule has 1 N–H and O–H groups in total. The summed E-state index contributed by atoms with van der Waals surface area (Å²) >= 11 is 1.36. The Morgan fingerprint density at radius 3 is 2.77 bits per heavy atom. The number of anilines is 1. The van der Waals surface area contributed by atoms with Gasteiger partial charge in [-0.2, -0.15) is 0 Å². The highest BCUT2D eigenvalue weighted by Crippen LogP contribution is 2.46. The molecule has 7 heteroatoms. The summed E-state index contributed by atoms with van der Waals surface area (Å²) in [5.74, 6) is -0.204. The third kappa shape index (κ3) is 4.63. The van der Waals surface area contributed by atoms with Crippen LogP contribution in [-0.4, -0.2) is 42.4 Å². The van der Waals surface area contributed by atoms with Crippen molar-refractivity contribution in [2.24, 2.45) is 0 Å². The Hall–Kier alpha value is -1.89. The van der Waals surface area contributed by atoms with Crippen molar-refractivity contribution in [3.8, 4) is 0 Å². The van der Waals surface area contributed by atoms with Crippen LogP contribution >= 0.6 is 11.3 Å². The van der Waals surface area contributed by atoms with E-state index in [1.165, 1.54) is 11.3 Å². The Morgan fingerprint density at radius 2 is 2.04 bits per heavy atom. The maximum atomic E-state index is 12.5. The molecule has 0 aromatic carbocycles. The Morgan fingerprint density at radius 1 is 1.27 bits per heavy atom. The van der Waals surface area contributed by atoms with Gasteiger partial charge >= 0.3 is 5.97 Å². The van der Waals surface area contributed by atoms with Crippen LogP contribution in [0.4, 0.5) is 5.00 Å². The number of hydrogen-bond donors (Lipinski definition) is 1. The summed E-state index contributed by atoms with van der Waals surface area (Å²) in [6.07, 6.45) is 6.63. The quantitative estimate of drug-likeness (QED) is 0.768. The van der Waals surface area contributed by atoms with E-state index in [1.807, 2.05) is 5.38 Å². The zero-order valence-electron chi connectivity index (χ0n) is 15.2. The number of nitrogens with one attached hydrogen (secondary N) is 1. The summed E-state index contributed by atoms with van der Waals surface area (Å²) in [6.45, 7) is 2.73. The van der Waals surface area contributed by atoms with Gasteiger partial charge in [-0.15, -0.1) is 11.3 Å². The number of thiophene rings is 1. The minimum absolute atomic E-state index is 0.0373. The average molecular weight is 378 g/mol. The summed E-state index contributed by atoms with van der Waals surface area (Å²) in [5.41, 5.74) is 1.47. The van der Waals surface area contributed by atoms with E-state index in [4.69, 9.17) is 4.74 Å². The van der Waals surface area contributed by atoms with Gasteiger partial charge in [-0.05, 0) is 49.5 Å². The molecule has 0 atom stereocenters. The topological polar surface area (TPSA) is 75.7 Å². The fraction of sp³-hybridized carbons (Fsp3) is 0.632. The summed E-state index contributed by atoms with van der Waals surface area (Å²) in [6, 6.07) is 0. The lowest BCUT2D eigenvalue weighted by atomic mass is 10.1. The summed E-state index contributed by atoms with van der Waals surface area (Å²) in [5, 5.41) is 5.32. The molecule has 0 bridgehead atoms. The largest absolute Gasteiger partial charge is 0.462 e. The van der Waals surface area contributed by atoms with Crippen LogP contribution in [0, 0.1) is 0 Å². The molecule has 2 amide bonds. The lowest BCUT2D eigenvalue weighted by Crippen LogP contribution is -2.39. The highest BCUT2D eigenvalue weighted by molar-refractivity contribution is 7.15. The third-order valence-corrected chi connectivity index (χ3v) is 5.74. The van der Waals surface area contributed by atoms with E-state index in [0.717, 1.165) is 44.1 Å². The molecule has 1 aromatic rings. The smallest absolute Gasteiger partial charge is 0.341 e. The first-order chi connectivity index (χ1) is 12.6. The number of likely N-dealkylation sites (tertiary alicyclic amines) is 1. The number of hydrogen-bond acceptors (Lipinski definition) is 5. The van der Waals surface area contributed by atoms with E-state index in [2.05, 4.69) is 5.32 Å². The number of ether oxygens (including phenoxy) is 1. The molecule has 1 saturated heterocycles. The number of rotatable bonds is 6. The monoisotopic (exact) mass is 378 g/mol. The van der Waals surface area contributed by atoms with E-state index < -0.39 is 0 Å². The van der Waals surface area contributed by atoms with Gasteiger partial charge in [-0.3, -0.25) is 9.59 Å². The van der Waals surface area contributed by atoms with Crippen molar-refractivity contribution in [3.05, 3.63) is 16.5 Å². The second kappa shape index (κ2) is 8.66. The second-order valence-electron chi connectivity index (χ2n) is 6.92. The van der Waals surface area contributed by atoms with Gasteiger partial charge < -0.3 is 15.0 Å². The molecule has 142 valence electrons. The van der Waals surface area contributed by atoms with E-state index in [9.17, 15) is 14.4 Å². The van der Waals surface area contributed by atoms with Crippen LogP contribution in [0.1, 0.15) is 73.7 Å². The molecule has 2 fully saturated rings. The third-order valence-electron chi connectivity index (χ3n) is 4.83. The summed E-state index contributed by atoms with van der Waals surface area (Å²) < 4.78 is 5.18. The minimum Gasteiger partial charge on any atom is -0.462 e. The number of carbonyl (C=O) groups is 3. The predicted octanol–water partition coefficient (Wildman–Crippen LogP) is 3.53. The maximum Gasteiger partial charge on any atom is 0.341 e. The molecule has 1 saturated carbocycles. The number of amides is 2. The van der Waals surface area contributed by atoms with Gasteiger partial charge in [0.25, 0.3) is 0 Å². The molecule has 1 aromatic heterocycles. The van der Waals surface area contributed by atoms with E-state index in [1.54, 1.807) is 11.8 Å². The Balaban J connectivity index is 1.68. The van der Waals surface area contributed by atoms with E-state index in [0.29, 0.717) is 36.1 Å². The minimum atomic E-state index is -0.381. The number of carbonyl (C=O) groups excluding carboxylic acids is 3. The molecule has 3 rings (SSSR count). The first kappa shape index (κ1) is 18.9. The number of nitrogens with zero attached hydrogens (tertiary/aromatic N) is 1. The van der Waals surface area contributed by atoms with Gasteiger partial charge in [-0.1, -0.05) is 12.8 Å². The number of esters is 1. The zero-order chi connectivity index (χ0) is 18.5. The van der Waals surface area contributed by atoms with Gasteiger partial charge in [0.2, 0.25) is 11.8 Å². The Kier molecular flexibility index (Phi) is 6.29. The van der Waals surface area contributed by atoms with Crippen LogP contribution in [0.2, 0.25) is 0 Å². The molecule has 1 aliphatic carbocycles. The van der Waals surface area contributed by atoms with E-state index in [-0.39, 0.29) is 24.3 Å². The zero-order valence-corrected chi connectivity index (χ0v) is 16.0. The van der Waals surface area contributed by atoms with Gasteiger partial charge in [0.1, 0.15) is 5.00 Å². The van der Waals surface area contributed by atoms with Crippen molar-refractivity contribution in [1.82, 2.24) is 4.90 Å². The summed E-state index contributed by atoms with van der Waals surface area (Å²) in [4.78, 5) is 38.7. The van der Waals surface area contributed by atoms with Gasteiger partial charge in [0.15, 0.2) is 0 Å². The molecule has 6 nitrogen and oxygen atoms in total. The van der Waals surface area contributed by atoms with Crippen molar-refractivity contribution in [2.75, 3.05) is 25.0 Å². The van der Waals surface area contributed by atoms with Gasteiger partial charge in [-0.25, -0.2) is 4.79 Å². The first-order valence-electron chi connectivity index (χ1n) is 9.46. The highest BCUT2D eigenvalue weighted by atomic mass is 32.1. The second-order valence-corrected chi connectivity index (χ2v) is 7.80. The molecule has 0 unspecified atom stereocenters. The molecule has 0 radical (unpaired) electrons. The van der Waals surface area contributed by atoms with Crippen LogP contribution in [0.25, 0.3) is 0 Å². The van der Waals surface area contributed by atoms with Crippen molar-refractivity contribution >= 4 is 34.1 Å². The van der Waals surface area contributed by atoms with Crippen molar-refractivity contribution in [1.29, 1.82) is 0 Å². The van der Waals surface area contributed by atoms with E-state index >= 15 is 0 Å². The van der Waals surface area contributed by atoms with Crippen molar-refractivity contribution in [2.45, 2.75) is 57.8 Å². The molecule has 2 heterocycles. The highest BCUT2D eigenvalue weighted by Gasteiger charge is 2.32. The molecule has 2 aliphatic rings. The predicted molar refractivity (Wildman–Crippen MR) is 101 cm³/mol. The molecular formula is C19H26N2O4S. The maximum absolute atomic E-state index is 12.5. The van der Waals surface area contributed by atoms with Crippen molar-refractivity contribution < 1.29 is 19.1 Å². The lowest BCUT2D eigenvalue weighted by molar-refractivity contribution is -0.135. The molecular weight excluding hydrogens is 352 g/mol. The van der Waals surface area contributed by atoms with Crippen molar-refractivity contribution in [3.63, 3.8) is 0 Å². The normalized spacial score (nSPS) is 18.2. The van der Waals surface area contributed by atoms with Gasteiger partial charge in [0.05, 0.1) is 18.7 Å². The molecule has 26 heavy (non-hydrogen) atoms. The van der Waals surface area contributed by atoms with Gasteiger partial charge in [0, 0.05) is 13.0 Å². The SMILES string of the molecule is CCOC(=O)c1c(C2CC2)csc1NC(=O)CN1CCCCCCC1=O. The van der Waals surface area contributed by atoms with Crippen LogP contribution in [0.15, 0.2) is 5.38 Å². The Labute approximate surface area is 157 Å². The Bertz CT molecular complexity index is 681. The fourth-order valence-electron chi connectivity index (χ4n) is 3.29. The molecule has 1 aliphatic heterocycles. The standard InChI is InChI=1S/C19H26N2O4S/c1-2-25-19(24)17-14(13-8-9-13)12-26-18(17)20-15(22)11-21-10-6-4-3-5-7-16(21)23/h12-13H,2-11H2,1H3,(H,20,22). The van der Waals surface area contributed by atoms with Crippen LogP contribution in [-0.2, 0) is 14.3 Å². The van der Waals surface area contributed by atoms with Crippen LogP contribution in [0.5, 0.6) is 0 Å². The fourth-order valence-corrected chi connectivity index (χ4v) is 4.34.